The van der Waals surface area contributed by atoms with Crippen LogP contribution in [0.25, 0.3) is 0 Å². The maximum absolute atomic E-state index is 11.2. The number of rotatable bonds is 5. The van der Waals surface area contributed by atoms with Crippen molar-refractivity contribution in [3.8, 4) is 5.75 Å². The molecular formula is C16H20NO5P. The third-order valence-corrected chi connectivity index (χ3v) is 4.28. The third kappa shape index (κ3) is 4.79. The molecule has 0 radical (unpaired) electrons. The van der Waals surface area contributed by atoms with E-state index in [0.717, 1.165) is 12.0 Å². The van der Waals surface area contributed by atoms with Crippen LogP contribution in [-0.4, -0.2) is 25.7 Å². The summed E-state index contributed by atoms with van der Waals surface area (Å²) in [5.41, 5.74) is 1.54. The number of aromatic hydroxyl groups is 1. The summed E-state index contributed by atoms with van der Waals surface area (Å²) in [6.45, 7) is 1.98. The van der Waals surface area contributed by atoms with Gasteiger partial charge < -0.3 is 20.0 Å². The lowest BCUT2D eigenvalue weighted by Gasteiger charge is -2.21. The van der Waals surface area contributed by atoms with Gasteiger partial charge in [-0.2, -0.15) is 4.76 Å². The smallest absolute Gasteiger partial charge is 0.448 e. The van der Waals surface area contributed by atoms with Crippen LogP contribution < -0.4 is 0 Å². The van der Waals surface area contributed by atoms with Gasteiger partial charge in [-0.25, -0.2) is 4.57 Å². The monoisotopic (exact) mass is 337 g/mol. The van der Waals surface area contributed by atoms with Gasteiger partial charge >= 0.3 is 7.75 Å². The van der Waals surface area contributed by atoms with Crippen molar-refractivity contribution in [2.24, 2.45) is 4.76 Å². The molecule has 7 heteroatoms. The molecule has 0 saturated carbocycles. The zero-order valence-electron chi connectivity index (χ0n) is 12.8. The minimum absolute atomic E-state index is 0.00674. The Morgan fingerprint density at radius 1 is 1.30 bits per heavy atom. The van der Waals surface area contributed by atoms with Crippen LogP contribution in [0.5, 0.6) is 5.75 Å². The average Bonchev–Trinajstić information content (AvgIpc) is 2.45. The van der Waals surface area contributed by atoms with Gasteiger partial charge in [-0.05, 0) is 42.5 Å². The first-order valence-electron chi connectivity index (χ1n) is 7.32. The van der Waals surface area contributed by atoms with Crippen molar-refractivity contribution in [3.05, 3.63) is 53.3 Å². The van der Waals surface area contributed by atoms with Gasteiger partial charge in [0.25, 0.3) is 0 Å². The fraction of sp³-hybridized carbons (Fsp3) is 0.312. The molecule has 2 rings (SSSR count). The summed E-state index contributed by atoms with van der Waals surface area (Å²) >= 11 is 0. The molecule has 0 heterocycles. The second-order valence-electron chi connectivity index (χ2n) is 5.43. The number of phenolic OH excluding ortho intramolecular Hbond substituents is 1. The molecular weight excluding hydrogens is 317 g/mol. The van der Waals surface area contributed by atoms with Gasteiger partial charge in [-0.15, -0.1) is 0 Å². The Morgan fingerprint density at radius 3 is 2.65 bits per heavy atom. The second-order valence-corrected chi connectivity index (χ2v) is 6.66. The molecule has 0 bridgehead atoms. The average molecular weight is 337 g/mol. The van der Waals surface area contributed by atoms with Crippen LogP contribution in [0.1, 0.15) is 37.7 Å². The van der Waals surface area contributed by atoms with Gasteiger partial charge in [0.2, 0.25) is 0 Å². The summed E-state index contributed by atoms with van der Waals surface area (Å²) in [4.78, 5) is 18.2. The summed E-state index contributed by atoms with van der Waals surface area (Å²) in [6, 6.07) is 6.86. The number of hydrogen-bond donors (Lipinski definition) is 4. The highest BCUT2D eigenvalue weighted by atomic mass is 31.2. The van der Waals surface area contributed by atoms with Crippen LogP contribution in [0.3, 0.4) is 0 Å². The molecule has 0 fully saturated rings. The van der Waals surface area contributed by atoms with Crippen LogP contribution in [0.2, 0.25) is 0 Å². The van der Waals surface area contributed by atoms with E-state index in [1.165, 1.54) is 6.08 Å². The lowest BCUT2D eigenvalue weighted by Crippen LogP contribution is -2.12. The number of aliphatic hydroxyl groups is 1. The first kappa shape index (κ1) is 17.5. The minimum Gasteiger partial charge on any atom is -0.508 e. The van der Waals surface area contributed by atoms with Crippen LogP contribution in [0, 0.1) is 0 Å². The van der Waals surface area contributed by atoms with E-state index < -0.39 is 7.75 Å². The van der Waals surface area contributed by atoms with E-state index in [9.17, 15) is 14.8 Å². The molecule has 0 aliphatic heterocycles. The summed E-state index contributed by atoms with van der Waals surface area (Å²) in [6.07, 6.45) is 4.52. The standard InChI is InChI=1S/C16H20NO5P/c1-2-11(12-5-3-6-13(18)9-12)10-14-15(17-23(20,21)22)7-4-8-16(14)19/h3-6,8-9,11,18-19H,2,7,10H2,1H3,(H2,20,21,22). The van der Waals surface area contributed by atoms with Crippen LogP contribution in [0.4, 0.5) is 0 Å². The molecule has 0 spiro atoms. The van der Waals surface area contributed by atoms with Gasteiger partial charge in [-0.1, -0.05) is 25.1 Å². The molecule has 0 saturated heterocycles. The summed E-state index contributed by atoms with van der Waals surface area (Å²) < 4.78 is 14.6. The molecule has 1 atom stereocenters. The number of phenols is 1. The van der Waals surface area contributed by atoms with Crippen LogP contribution in [-0.2, 0) is 4.57 Å². The van der Waals surface area contributed by atoms with Crippen molar-refractivity contribution in [1.29, 1.82) is 0 Å². The lowest BCUT2D eigenvalue weighted by molar-refractivity contribution is 0.375. The highest BCUT2D eigenvalue weighted by Crippen LogP contribution is 2.40. The van der Waals surface area contributed by atoms with Gasteiger partial charge in [0.15, 0.2) is 0 Å². The number of aliphatic hydroxyl groups excluding tert-OH is 1. The van der Waals surface area contributed by atoms with Gasteiger partial charge in [-0.3, -0.25) is 0 Å². The van der Waals surface area contributed by atoms with Gasteiger partial charge in [0.05, 0.1) is 5.71 Å². The molecule has 1 aliphatic rings. The first-order valence-corrected chi connectivity index (χ1v) is 8.89. The van der Waals surface area contributed by atoms with E-state index in [-0.39, 0.29) is 29.6 Å². The highest BCUT2D eigenvalue weighted by molar-refractivity contribution is 7.50. The van der Waals surface area contributed by atoms with Gasteiger partial charge in [0, 0.05) is 12.0 Å². The van der Waals surface area contributed by atoms with E-state index >= 15 is 0 Å². The Morgan fingerprint density at radius 2 is 2.04 bits per heavy atom. The Balaban J connectivity index is 2.35. The molecule has 124 valence electrons. The van der Waals surface area contributed by atoms with Crippen LogP contribution in [0.15, 0.2) is 52.5 Å². The molecule has 1 aromatic rings. The molecule has 0 aromatic heterocycles. The Hall–Kier alpha value is -1.88. The first-order chi connectivity index (χ1) is 10.8. The van der Waals surface area contributed by atoms with E-state index in [4.69, 9.17) is 9.79 Å². The number of nitrogens with zero attached hydrogens (tertiary/aromatic N) is 1. The number of hydrogen-bond acceptors (Lipinski definition) is 3. The molecule has 6 nitrogen and oxygen atoms in total. The van der Waals surface area contributed by atoms with Crippen molar-refractivity contribution < 1.29 is 24.6 Å². The predicted octanol–water partition coefficient (Wildman–Crippen LogP) is 3.58. The summed E-state index contributed by atoms with van der Waals surface area (Å²) in [5.74, 6) is 0.126. The Labute approximate surface area is 134 Å². The third-order valence-electron chi connectivity index (χ3n) is 3.78. The molecule has 23 heavy (non-hydrogen) atoms. The maximum Gasteiger partial charge on any atom is 0.448 e. The Bertz CT molecular complexity index is 717. The molecule has 4 N–H and O–H groups in total. The highest BCUT2D eigenvalue weighted by Gasteiger charge is 2.23. The van der Waals surface area contributed by atoms with E-state index in [0.29, 0.717) is 12.0 Å². The fourth-order valence-electron chi connectivity index (χ4n) is 2.66. The summed E-state index contributed by atoms with van der Waals surface area (Å²) in [5, 5.41) is 19.7. The van der Waals surface area contributed by atoms with Crippen molar-refractivity contribution in [2.45, 2.75) is 32.1 Å². The maximum atomic E-state index is 11.2. The van der Waals surface area contributed by atoms with E-state index in [1.807, 2.05) is 13.0 Å². The van der Waals surface area contributed by atoms with Gasteiger partial charge in [0.1, 0.15) is 11.5 Å². The van der Waals surface area contributed by atoms with Crippen molar-refractivity contribution >= 4 is 13.5 Å². The lowest BCUT2D eigenvalue weighted by atomic mass is 9.85. The normalized spacial score (nSPS) is 18.5. The number of benzene rings is 1. The fourth-order valence-corrected chi connectivity index (χ4v) is 3.17. The predicted molar refractivity (Wildman–Crippen MR) is 88.6 cm³/mol. The SMILES string of the molecule is CCC(CC1=C(O)C=CCC1=NP(=O)(O)O)c1cccc(O)c1. The molecule has 0 amide bonds. The van der Waals surface area contributed by atoms with Crippen LogP contribution >= 0.6 is 7.75 Å². The van der Waals surface area contributed by atoms with E-state index in [2.05, 4.69) is 4.76 Å². The van der Waals surface area contributed by atoms with E-state index in [1.54, 1.807) is 24.3 Å². The summed E-state index contributed by atoms with van der Waals surface area (Å²) in [7, 11) is -4.56. The van der Waals surface area contributed by atoms with Crippen molar-refractivity contribution in [3.63, 3.8) is 0 Å². The van der Waals surface area contributed by atoms with Crippen molar-refractivity contribution in [2.75, 3.05) is 0 Å². The quantitative estimate of drug-likeness (QED) is 0.614. The van der Waals surface area contributed by atoms with Crippen molar-refractivity contribution in [1.82, 2.24) is 0 Å². The number of allylic oxidation sites excluding steroid dienone is 3. The minimum atomic E-state index is -4.56. The molecule has 1 aliphatic carbocycles. The zero-order chi connectivity index (χ0) is 17.0. The Kier molecular flexibility index (Phi) is 5.42. The molecule has 1 aromatic carbocycles. The molecule has 1 unspecified atom stereocenters. The second kappa shape index (κ2) is 7.13. The zero-order valence-corrected chi connectivity index (χ0v) is 13.6. The largest absolute Gasteiger partial charge is 0.508 e. The topological polar surface area (TPSA) is 110 Å².